The first kappa shape index (κ1) is 16.7. The van der Waals surface area contributed by atoms with Gasteiger partial charge in [-0.1, -0.05) is 18.2 Å². The van der Waals surface area contributed by atoms with E-state index in [1.807, 2.05) is 41.3 Å². The van der Waals surface area contributed by atoms with E-state index in [1.54, 1.807) is 12.4 Å². The van der Waals surface area contributed by atoms with Crippen molar-refractivity contribution in [2.24, 2.45) is 0 Å². The Morgan fingerprint density at radius 2 is 2.08 bits per heavy atom. The lowest BCUT2D eigenvalue weighted by Gasteiger charge is -2.36. The Labute approximate surface area is 152 Å². The number of hydrogen-bond donors (Lipinski definition) is 0. The molecule has 0 N–H and O–H groups in total. The maximum Gasteiger partial charge on any atom is 0.249 e. The van der Waals surface area contributed by atoms with Crippen molar-refractivity contribution in [1.29, 1.82) is 5.26 Å². The number of nitrogens with zero attached hydrogens (tertiary/aromatic N) is 4. The Morgan fingerprint density at radius 1 is 1.19 bits per heavy atom. The molecule has 132 valence electrons. The molecule has 1 amide bonds. The number of likely N-dealkylation sites (tertiary alicyclic amines) is 1. The van der Waals surface area contributed by atoms with E-state index in [4.69, 9.17) is 10.00 Å². The van der Waals surface area contributed by atoms with Gasteiger partial charge in [-0.25, -0.2) is 0 Å². The summed E-state index contributed by atoms with van der Waals surface area (Å²) in [4.78, 5) is 20.8. The second-order valence-electron chi connectivity index (χ2n) is 6.81. The summed E-state index contributed by atoms with van der Waals surface area (Å²) in [6.45, 7) is 3.01. The molecule has 1 aromatic heterocycles. The molecule has 0 radical (unpaired) electrons. The Bertz CT molecular complexity index is 833. The molecule has 1 aromatic carbocycles. The standard InChI is InChI=1S/C20H20N4O2/c21-8-15-3-1-4-16(7-15)10-23-12-18-19(13-23)26-14-20(25)24(18)11-17-5-2-6-22-9-17/h1-7,9,18-19H,10-14H2/t18-,19-/m1/s1. The molecule has 0 spiro atoms. The van der Waals surface area contributed by atoms with E-state index in [1.165, 1.54) is 0 Å². The van der Waals surface area contributed by atoms with E-state index in [9.17, 15) is 4.79 Å². The van der Waals surface area contributed by atoms with Crippen molar-refractivity contribution in [3.8, 4) is 6.07 Å². The molecular weight excluding hydrogens is 328 g/mol. The van der Waals surface area contributed by atoms with Gasteiger partial charge in [0.25, 0.3) is 0 Å². The molecule has 2 fully saturated rings. The summed E-state index contributed by atoms with van der Waals surface area (Å²) in [5, 5.41) is 9.06. The first-order valence-corrected chi connectivity index (χ1v) is 8.74. The number of pyridine rings is 1. The molecule has 4 rings (SSSR count). The van der Waals surface area contributed by atoms with Gasteiger partial charge in [0.1, 0.15) is 6.61 Å². The highest BCUT2D eigenvalue weighted by atomic mass is 16.5. The predicted molar refractivity (Wildman–Crippen MR) is 94.7 cm³/mol. The Kier molecular flexibility index (Phi) is 4.65. The third-order valence-electron chi connectivity index (χ3n) is 4.99. The van der Waals surface area contributed by atoms with Crippen LogP contribution < -0.4 is 0 Å². The summed E-state index contributed by atoms with van der Waals surface area (Å²) in [6.07, 6.45) is 3.57. The van der Waals surface area contributed by atoms with Gasteiger partial charge < -0.3 is 9.64 Å². The summed E-state index contributed by atoms with van der Waals surface area (Å²) in [5.74, 6) is 0.0310. The smallest absolute Gasteiger partial charge is 0.249 e. The van der Waals surface area contributed by atoms with Crippen molar-refractivity contribution in [3.63, 3.8) is 0 Å². The molecule has 0 unspecified atom stereocenters. The predicted octanol–water partition coefficient (Wildman–Crippen LogP) is 1.57. The second-order valence-corrected chi connectivity index (χ2v) is 6.81. The summed E-state index contributed by atoms with van der Waals surface area (Å²) in [6, 6.07) is 13.8. The fourth-order valence-electron chi connectivity index (χ4n) is 3.76. The van der Waals surface area contributed by atoms with Crippen LogP contribution in [0.4, 0.5) is 0 Å². The summed E-state index contributed by atoms with van der Waals surface area (Å²) in [7, 11) is 0. The zero-order valence-electron chi connectivity index (χ0n) is 14.4. The van der Waals surface area contributed by atoms with Crippen LogP contribution >= 0.6 is 0 Å². The molecular formula is C20H20N4O2. The number of rotatable bonds is 4. The number of carbonyl (C=O) groups excluding carboxylic acids is 1. The lowest BCUT2D eigenvalue weighted by Crippen LogP contribution is -2.53. The first-order chi connectivity index (χ1) is 12.7. The molecule has 2 atom stereocenters. The van der Waals surface area contributed by atoms with E-state index in [0.29, 0.717) is 12.1 Å². The molecule has 6 nitrogen and oxygen atoms in total. The quantitative estimate of drug-likeness (QED) is 0.839. The molecule has 2 aliphatic heterocycles. The van der Waals surface area contributed by atoms with Crippen LogP contribution in [0.25, 0.3) is 0 Å². The van der Waals surface area contributed by atoms with E-state index < -0.39 is 0 Å². The van der Waals surface area contributed by atoms with Gasteiger partial charge >= 0.3 is 0 Å². The Balaban J connectivity index is 1.47. The van der Waals surface area contributed by atoms with E-state index >= 15 is 0 Å². The third kappa shape index (κ3) is 3.45. The SMILES string of the molecule is N#Cc1cccc(CN2C[C@@H]3[C@@H](C2)OCC(=O)N3Cc2cccnc2)c1. The van der Waals surface area contributed by atoms with E-state index in [0.717, 1.165) is 30.8 Å². The van der Waals surface area contributed by atoms with Gasteiger partial charge in [-0.15, -0.1) is 0 Å². The normalized spacial score (nSPS) is 22.9. The summed E-state index contributed by atoms with van der Waals surface area (Å²) in [5.41, 5.74) is 2.80. The highest BCUT2D eigenvalue weighted by molar-refractivity contribution is 5.78. The van der Waals surface area contributed by atoms with Gasteiger partial charge in [-0.3, -0.25) is 14.7 Å². The van der Waals surface area contributed by atoms with Crippen LogP contribution in [0.3, 0.4) is 0 Å². The highest BCUT2D eigenvalue weighted by Gasteiger charge is 2.42. The third-order valence-corrected chi connectivity index (χ3v) is 4.99. The summed E-state index contributed by atoms with van der Waals surface area (Å²) < 4.78 is 5.79. The van der Waals surface area contributed by atoms with Gasteiger partial charge in [-0.05, 0) is 29.3 Å². The molecule has 6 heteroatoms. The number of benzene rings is 1. The number of amides is 1. The van der Waals surface area contributed by atoms with Crippen LogP contribution in [-0.4, -0.2) is 52.5 Å². The molecule has 0 aliphatic carbocycles. The topological polar surface area (TPSA) is 69.5 Å². The molecule has 0 saturated carbocycles. The average Bonchev–Trinajstić information content (AvgIpc) is 3.08. The number of aromatic nitrogens is 1. The Hall–Kier alpha value is -2.75. The zero-order valence-corrected chi connectivity index (χ0v) is 14.4. The van der Waals surface area contributed by atoms with Crippen molar-refractivity contribution < 1.29 is 9.53 Å². The Morgan fingerprint density at radius 3 is 2.88 bits per heavy atom. The van der Waals surface area contributed by atoms with Crippen molar-refractivity contribution in [2.75, 3.05) is 19.7 Å². The van der Waals surface area contributed by atoms with Crippen LogP contribution in [0.5, 0.6) is 0 Å². The molecule has 2 saturated heterocycles. The largest absolute Gasteiger partial charge is 0.365 e. The van der Waals surface area contributed by atoms with E-state index in [-0.39, 0.29) is 24.7 Å². The average molecular weight is 348 g/mol. The number of fused-ring (bicyclic) bond motifs is 1. The minimum Gasteiger partial charge on any atom is -0.365 e. The maximum absolute atomic E-state index is 12.4. The first-order valence-electron chi connectivity index (χ1n) is 8.74. The maximum atomic E-state index is 12.4. The lowest BCUT2D eigenvalue weighted by molar-refractivity contribution is -0.153. The van der Waals surface area contributed by atoms with Crippen LogP contribution in [0.1, 0.15) is 16.7 Å². The number of hydrogen-bond acceptors (Lipinski definition) is 5. The minimum absolute atomic E-state index is 0.0310. The van der Waals surface area contributed by atoms with Crippen LogP contribution in [0.15, 0.2) is 48.8 Å². The van der Waals surface area contributed by atoms with Crippen LogP contribution in [0.2, 0.25) is 0 Å². The number of ether oxygens (including phenoxy) is 1. The fourth-order valence-corrected chi connectivity index (χ4v) is 3.76. The van der Waals surface area contributed by atoms with Crippen molar-refractivity contribution in [2.45, 2.75) is 25.2 Å². The molecule has 2 aromatic rings. The van der Waals surface area contributed by atoms with Crippen molar-refractivity contribution in [3.05, 3.63) is 65.5 Å². The minimum atomic E-state index is 0.0310. The van der Waals surface area contributed by atoms with Gasteiger partial charge in [0.05, 0.1) is 23.8 Å². The number of carbonyl (C=O) groups is 1. The monoisotopic (exact) mass is 348 g/mol. The molecule has 26 heavy (non-hydrogen) atoms. The van der Waals surface area contributed by atoms with E-state index in [2.05, 4.69) is 16.0 Å². The second kappa shape index (κ2) is 7.24. The van der Waals surface area contributed by atoms with Crippen LogP contribution in [0, 0.1) is 11.3 Å². The van der Waals surface area contributed by atoms with Gasteiger partial charge in [0.15, 0.2) is 0 Å². The zero-order chi connectivity index (χ0) is 17.9. The highest BCUT2D eigenvalue weighted by Crippen LogP contribution is 2.26. The van der Waals surface area contributed by atoms with Gasteiger partial charge in [0.2, 0.25) is 5.91 Å². The molecule has 2 aliphatic rings. The number of morpholine rings is 1. The van der Waals surface area contributed by atoms with Crippen molar-refractivity contribution >= 4 is 5.91 Å². The lowest BCUT2D eigenvalue weighted by atomic mass is 10.1. The van der Waals surface area contributed by atoms with Crippen LogP contribution in [-0.2, 0) is 22.6 Å². The fraction of sp³-hybridized carbons (Fsp3) is 0.350. The summed E-state index contributed by atoms with van der Waals surface area (Å²) >= 11 is 0. The van der Waals surface area contributed by atoms with Gasteiger partial charge in [-0.2, -0.15) is 5.26 Å². The molecule has 3 heterocycles. The van der Waals surface area contributed by atoms with Gasteiger partial charge in [0, 0.05) is 38.6 Å². The van der Waals surface area contributed by atoms with Crippen molar-refractivity contribution in [1.82, 2.24) is 14.8 Å². The number of nitriles is 1. The molecule has 0 bridgehead atoms.